The number of amides is 1. The molecular weight excluding hydrogens is 126 g/mol. The van der Waals surface area contributed by atoms with E-state index in [1.807, 2.05) is 26.0 Å². The molecule has 0 aromatic carbocycles. The normalized spacial score (nSPS) is 9.80. The number of allylic oxidation sites excluding steroid dienone is 3. The van der Waals surface area contributed by atoms with Gasteiger partial charge in [-0.05, 0) is 13.8 Å². The van der Waals surface area contributed by atoms with Crippen LogP contribution in [0.25, 0.3) is 0 Å². The van der Waals surface area contributed by atoms with Crippen molar-refractivity contribution in [1.82, 2.24) is 0 Å². The molecule has 10 heavy (non-hydrogen) atoms. The fourth-order valence-electron chi connectivity index (χ4n) is 0.445. The standard InChI is InChI=1S/C8H13NO/c1-7(2)5-3-4-6-8(9)10/h3-5H,6H2,1-2H3,(H2,9,10). The lowest BCUT2D eigenvalue weighted by molar-refractivity contribution is -0.117. The first-order valence-electron chi connectivity index (χ1n) is 3.21. The van der Waals surface area contributed by atoms with Crippen molar-refractivity contribution in [3.63, 3.8) is 0 Å². The molecule has 0 aromatic heterocycles. The highest BCUT2D eigenvalue weighted by atomic mass is 16.1. The third-order valence-corrected chi connectivity index (χ3v) is 0.885. The highest BCUT2D eigenvalue weighted by molar-refractivity contribution is 5.75. The molecule has 0 atom stereocenters. The van der Waals surface area contributed by atoms with Crippen LogP contribution in [0.3, 0.4) is 0 Å². The summed E-state index contributed by atoms with van der Waals surface area (Å²) in [5.41, 5.74) is 6.11. The molecule has 2 nitrogen and oxygen atoms in total. The van der Waals surface area contributed by atoms with Crippen molar-refractivity contribution < 1.29 is 4.79 Å². The molecule has 0 radical (unpaired) electrons. The summed E-state index contributed by atoms with van der Waals surface area (Å²) in [6.07, 6.45) is 5.84. The highest BCUT2D eigenvalue weighted by Gasteiger charge is 1.83. The van der Waals surface area contributed by atoms with Gasteiger partial charge in [0.25, 0.3) is 0 Å². The van der Waals surface area contributed by atoms with Crippen LogP contribution in [0.5, 0.6) is 0 Å². The van der Waals surface area contributed by atoms with E-state index in [1.165, 1.54) is 5.57 Å². The summed E-state index contributed by atoms with van der Waals surface area (Å²) in [4.78, 5) is 10.2. The molecule has 0 unspecified atom stereocenters. The molecule has 0 aliphatic rings. The minimum Gasteiger partial charge on any atom is -0.369 e. The number of carbonyl (C=O) groups excluding carboxylic acids is 1. The molecule has 0 aromatic rings. The van der Waals surface area contributed by atoms with Crippen LogP contribution in [0.1, 0.15) is 20.3 Å². The Kier molecular flexibility index (Phi) is 4.29. The van der Waals surface area contributed by atoms with Crippen LogP contribution < -0.4 is 5.73 Å². The maximum absolute atomic E-state index is 10.2. The van der Waals surface area contributed by atoms with E-state index < -0.39 is 0 Å². The quantitative estimate of drug-likeness (QED) is 0.590. The number of hydrogen-bond acceptors (Lipinski definition) is 1. The first kappa shape index (κ1) is 8.95. The Balaban J connectivity index is 3.58. The van der Waals surface area contributed by atoms with Crippen molar-refractivity contribution in [3.05, 3.63) is 23.8 Å². The summed E-state index contributed by atoms with van der Waals surface area (Å²) in [6, 6.07) is 0. The first-order valence-corrected chi connectivity index (χ1v) is 3.21. The van der Waals surface area contributed by atoms with Gasteiger partial charge >= 0.3 is 0 Å². The number of nitrogens with two attached hydrogens (primary N) is 1. The monoisotopic (exact) mass is 139 g/mol. The topological polar surface area (TPSA) is 43.1 Å². The van der Waals surface area contributed by atoms with Crippen LogP contribution in [0, 0.1) is 0 Å². The summed E-state index contributed by atoms with van der Waals surface area (Å²) < 4.78 is 0. The van der Waals surface area contributed by atoms with Crippen molar-refractivity contribution >= 4 is 5.91 Å². The van der Waals surface area contributed by atoms with Crippen LogP contribution in [-0.4, -0.2) is 5.91 Å². The molecule has 0 aliphatic heterocycles. The SMILES string of the molecule is CC(C)=CC=CCC(N)=O. The van der Waals surface area contributed by atoms with E-state index in [1.54, 1.807) is 6.08 Å². The summed E-state index contributed by atoms with van der Waals surface area (Å²) in [5, 5.41) is 0. The fraction of sp³-hybridized carbons (Fsp3) is 0.375. The van der Waals surface area contributed by atoms with E-state index in [2.05, 4.69) is 0 Å². The Morgan fingerprint density at radius 2 is 2.10 bits per heavy atom. The first-order chi connectivity index (χ1) is 4.63. The number of carbonyl (C=O) groups is 1. The zero-order valence-electron chi connectivity index (χ0n) is 6.42. The van der Waals surface area contributed by atoms with E-state index in [0.29, 0.717) is 6.42 Å². The van der Waals surface area contributed by atoms with Gasteiger partial charge < -0.3 is 5.73 Å². The average Bonchev–Trinajstić information content (AvgIpc) is 1.79. The second kappa shape index (κ2) is 4.79. The molecule has 0 rings (SSSR count). The zero-order chi connectivity index (χ0) is 7.98. The molecule has 0 fully saturated rings. The van der Waals surface area contributed by atoms with Gasteiger partial charge in [-0.2, -0.15) is 0 Å². The van der Waals surface area contributed by atoms with Crippen LogP contribution in [0.2, 0.25) is 0 Å². The summed E-state index contributed by atoms with van der Waals surface area (Å²) >= 11 is 0. The number of hydrogen-bond donors (Lipinski definition) is 1. The Labute approximate surface area is 61.4 Å². The van der Waals surface area contributed by atoms with Gasteiger partial charge in [0.05, 0.1) is 0 Å². The van der Waals surface area contributed by atoms with Gasteiger partial charge in [0.2, 0.25) is 5.91 Å². The Bertz CT molecular complexity index is 164. The molecule has 0 bridgehead atoms. The molecular formula is C8H13NO. The predicted octanol–water partition coefficient (Wildman–Crippen LogP) is 1.38. The second-order valence-corrected chi connectivity index (χ2v) is 2.34. The lowest BCUT2D eigenvalue weighted by Gasteiger charge is -1.83. The van der Waals surface area contributed by atoms with Crippen molar-refractivity contribution in [2.24, 2.45) is 5.73 Å². The number of rotatable bonds is 3. The molecule has 2 heteroatoms. The zero-order valence-corrected chi connectivity index (χ0v) is 6.42. The summed E-state index contributed by atoms with van der Waals surface area (Å²) in [6.45, 7) is 3.99. The number of primary amides is 1. The van der Waals surface area contributed by atoms with Crippen LogP contribution >= 0.6 is 0 Å². The van der Waals surface area contributed by atoms with Crippen LogP contribution in [0.15, 0.2) is 23.8 Å². The van der Waals surface area contributed by atoms with Crippen molar-refractivity contribution in [1.29, 1.82) is 0 Å². The smallest absolute Gasteiger partial charge is 0.221 e. The maximum atomic E-state index is 10.2. The Morgan fingerprint density at radius 1 is 1.50 bits per heavy atom. The minimum atomic E-state index is -0.293. The molecule has 2 N–H and O–H groups in total. The Morgan fingerprint density at radius 3 is 2.50 bits per heavy atom. The van der Waals surface area contributed by atoms with Gasteiger partial charge in [0.1, 0.15) is 0 Å². The van der Waals surface area contributed by atoms with E-state index in [0.717, 1.165) is 0 Å². The highest BCUT2D eigenvalue weighted by Crippen LogP contribution is 1.89. The molecule has 0 saturated carbocycles. The second-order valence-electron chi connectivity index (χ2n) is 2.34. The molecule has 56 valence electrons. The molecule has 0 heterocycles. The van der Waals surface area contributed by atoms with Crippen LogP contribution in [-0.2, 0) is 4.79 Å². The lowest BCUT2D eigenvalue weighted by Crippen LogP contribution is -2.07. The van der Waals surface area contributed by atoms with E-state index >= 15 is 0 Å². The molecule has 0 saturated heterocycles. The third kappa shape index (κ3) is 6.95. The van der Waals surface area contributed by atoms with Gasteiger partial charge in [-0.15, -0.1) is 0 Å². The minimum absolute atomic E-state index is 0.293. The summed E-state index contributed by atoms with van der Waals surface area (Å²) in [7, 11) is 0. The largest absolute Gasteiger partial charge is 0.369 e. The Hall–Kier alpha value is -1.05. The maximum Gasteiger partial charge on any atom is 0.221 e. The van der Waals surface area contributed by atoms with E-state index in [4.69, 9.17) is 5.73 Å². The van der Waals surface area contributed by atoms with Gasteiger partial charge in [0.15, 0.2) is 0 Å². The fourth-order valence-corrected chi connectivity index (χ4v) is 0.445. The van der Waals surface area contributed by atoms with Crippen molar-refractivity contribution in [2.75, 3.05) is 0 Å². The van der Waals surface area contributed by atoms with Gasteiger partial charge in [-0.1, -0.05) is 23.8 Å². The van der Waals surface area contributed by atoms with Crippen molar-refractivity contribution in [2.45, 2.75) is 20.3 Å². The van der Waals surface area contributed by atoms with Crippen LogP contribution in [0.4, 0.5) is 0 Å². The predicted molar refractivity (Wildman–Crippen MR) is 42.4 cm³/mol. The summed E-state index contributed by atoms with van der Waals surface area (Å²) in [5.74, 6) is -0.293. The third-order valence-electron chi connectivity index (χ3n) is 0.885. The molecule has 0 spiro atoms. The van der Waals surface area contributed by atoms with E-state index in [-0.39, 0.29) is 5.91 Å². The van der Waals surface area contributed by atoms with E-state index in [9.17, 15) is 4.79 Å². The van der Waals surface area contributed by atoms with Gasteiger partial charge in [0, 0.05) is 6.42 Å². The van der Waals surface area contributed by atoms with Gasteiger partial charge in [-0.3, -0.25) is 4.79 Å². The lowest BCUT2D eigenvalue weighted by atomic mass is 10.3. The molecule has 0 aliphatic carbocycles. The van der Waals surface area contributed by atoms with Gasteiger partial charge in [-0.25, -0.2) is 0 Å². The van der Waals surface area contributed by atoms with Crippen molar-refractivity contribution in [3.8, 4) is 0 Å². The molecule has 1 amide bonds. The average molecular weight is 139 g/mol.